The van der Waals surface area contributed by atoms with Crippen LogP contribution in [0.15, 0.2) is 60.9 Å². The number of fused-ring (bicyclic) bond motifs is 1. The first kappa shape index (κ1) is 18.1. The smallest absolute Gasteiger partial charge is 0.254 e. The van der Waals surface area contributed by atoms with Crippen LogP contribution in [0.3, 0.4) is 0 Å². The third-order valence-corrected chi connectivity index (χ3v) is 4.40. The second-order valence-corrected chi connectivity index (χ2v) is 6.88. The van der Waals surface area contributed by atoms with Crippen LogP contribution in [-0.2, 0) is 13.1 Å². The summed E-state index contributed by atoms with van der Waals surface area (Å²) in [5.74, 6) is 1.06. The fourth-order valence-electron chi connectivity index (χ4n) is 3.06. The van der Waals surface area contributed by atoms with Gasteiger partial charge in [0.25, 0.3) is 5.78 Å². The first-order valence-corrected chi connectivity index (χ1v) is 9.02. The predicted molar refractivity (Wildman–Crippen MR) is 107 cm³/mol. The summed E-state index contributed by atoms with van der Waals surface area (Å²) in [6.07, 6.45) is 1.47. The number of benzene rings is 2. The quantitative estimate of drug-likeness (QED) is 0.557. The topological polar surface area (TPSA) is 58.3 Å². The zero-order chi connectivity index (χ0) is 19.5. The Kier molecular flexibility index (Phi) is 4.99. The van der Waals surface area contributed by atoms with E-state index in [0.29, 0.717) is 24.4 Å². The third-order valence-electron chi connectivity index (χ3n) is 4.40. The van der Waals surface area contributed by atoms with E-state index in [1.165, 1.54) is 6.33 Å². The number of aromatic nitrogens is 4. The fourth-order valence-corrected chi connectivity index (χ4v) is 3.06. The molecule has 0 bridgehead atoms. The SMILES string of the molecule is CN(C)Cc1ccc(CNc2cc(-c3ccccc3)nc3ncnn23)cc1F. The van der Waals surface area contributed by atoms with Gasteiger partial charge in [0.15, 0.2) is 0 Å². The van der Waals surface area contributed by atoms with Crippen LogP contribution in [0.4, 0.5) is 10.2 Å². The second kappa shape index (κ2) is 7.74. The molecule has 1 N–H and O–H groups in total. The van der Waals surface area contributed by atoms with Gasteiger partial charge in [-0.2, -0.15) is 14.6 Å². The highest BCUT2D eigenvalue weighted by Crippen LogP contribution is 2.22. The molecular weight excluding hydrogens is 355 g/mol. The van der Waals surface area contributed by atoms with Gasteiger partial charge in [0, 0.05) is 30.3 Å². The summed E-state index contributed by atoms with van der Waals surface area (Å²) in [5, 5.41) is 7.56. The molecule has 0 spiro atoms. The molecule has 2 aromatic heterocycles. The molecule has 2 heterocycles. The molecular formula is C21H21FN6. The maximum Gasteiger partial charge on any atom is 0.254 e. The molecule has 142 valence electrons. The van der Waals surface area contributed by atoms with E-state index >= 15 is 0 Å². The van der Waals surface area contributed by atoms with E-state index in [-0.39, 0.29) is 5.82 Å². The summed E-state index contributed by atoms with van der Waals surface area (Å²) < 4.78 is 16.0. The highest BCUT2D eigenvalue weighted by molar-refractivity contribution is 5.65. The van der Waals surface area contributed by atoms with Gasteiger partial charge >= 0.3 is 0 Å². The molecule has 7 heteroatoms. The van der Waals surface area contributed by atoms with Crippen molar-refractivity contribution < 1.29 is 4.39 Å². The van der Waals surface area contributed by atoms with Gasteiger partial charge in [0.1, 0.15) is 18.0 Å². The zero-order valence-electron chi connectivity index (χ0n) is 15.8. The Bertz CT molecular complexity index is 1090. The monoisotopic (exact) mass is 376 g/mol. The molecule has 0 radical (unpaired) electrons. The summed E-state index contributed by atoms with van der Waals surface area (Å²) in [5.41, 5.74) is 3.33. The lowest BCUT2D eigenvalue weighted by Crippen LogP contribution is -2.12. The average Bonchev–Trinajstić information content (AvgIpc) is 3.17. The minimum atomic E-state index is -0.196. The number of rotatable bonds is 6. The standard InChI is InChI=1S/C21H21FN6/c1-27(2)13-17-9-8-15(10-18(17)22)12-23-20-11-19(16-6-4-3-5-7-16)26-21-24-14-25-28(20)21/h3-11,14,23H,12-13H2,1-2H3. The molecule has 0 fully saturated rings. The van der Waals surface area contributed by atoms with E-state index in [4.69, 9.17) is 0 Å². The Morgan fingerprint density at radius 1 is 1.07 bits per heavy atom. The lowest BCUT2D eigenvalue weighted by molar-refractivity contribution is 0.392. The van der Waals surface area contributed by atoms with Crippen molar-refractivity contribution in [1.82, 2.24) is 24.5 Å². The van der Waals surface area contributed by atoms with E-state index < -0.39 is 0 Å². The van der Waals surface area contributed by atoms with Crippen molar-refractivity contribution in [1.29, 1.82) is 0 Å². The minimum Gasteiger partial charge on any atom is -0.366 e. The molecule has 2 aromatic carbocycles. The molecule has 0 atom stereocenters. The molecule has 0 unspecified atom stereocenters. The number of halogens is 1. The highest BCUT2D eigenvalue weighted by Gasteiger charge is 2.10. The van der Waals surface area contributed by atoms with Gasteiger partial charge in [-0.3, -0.25) is 0 Å². The largest absolute Gasteiger partial charge is 0.366 e. The highest BCUT2D eigenvalue weighted by atomic mass is 19.1. The van der Waals surface area contributed by atoms with Crippen LogP contribution in [0.1, 0.15) is 11.1 Å². The normalized spacial score (nSPS) is 11.3. The van der Waals surface area contributed by atoms with Crippen LogP contribution in [0, 0.1) is 5.82 Å². The van der Waals surface area contributed by atoms with E-state index in [2.05, 4.69) is 20.4 Å². The molecule has 6 nitrogen and oxygen atoms in total. The minimum absolute atomic E-state index is 0.196. The van der Waals surface area contributed by atoms with Gasteiger partial charge in [-0.1, -0.05) is 42.5 Å². The molecule has 4 aromatic rings. The number of anilines is 1. The van der Waals surface area contributed by atoms with Crippen molar-refractivity contribution >= 4 is 11.6 Å². The molecule has 0 amide bonds. The fraction of sp³-hybridized carbons (Fsp3) is 0.190. The number of nitrogens with one attached hydrogen (secondary N) is 1. The molecule has 0 saturated carbocycles. The van der Waals surface area contributed by atoms with E-state index in [1.54, 1.807) is 10.6 Å². The molecule has 0 aliphatic carbocycles. The summed E-state index contributed by atoms with van der Waals surface area (Å²) in [4.78, 5) is 10.7. The molecule has 0 aliphatic heterocycles. The maximum absolute atomic E-state index is 14.3. The Morgan fingerprint density at radius 2 is 1.89 bits per heavy atom. The maximum atomic E-state index is 14.3. The summed E-state index contributed by atoms with van der Waals surface area (Å²) in [6, 6.07) is 17.2. The van der Waals surface area contributed by atoms with Crippen LogP contribution in [-0.4, -0.2) is 38.6 Å². The lowest BCUT2D eigenvalue weighted by Gasteiger charge is -2.13. The van der Waals surface area contributed by atoms with E-state index in [1.807, 2.05) is 67.5 Å². The van der Waals surface area contributed by atoms with E-state index in [0.717, 1.165) is 22.6 Å². The molecule has 0 saturated heterocycles. The molecule has 28 heavy (non-hydrogen) atoms. The van der Waals surface area contributed by atoms with Gasteiger partial charge in [-0.15, -0.1) is 0 Å². The summed E-state index contributed by atoms with van der Waals surface area (Å²) in [6.45, 7) is 1.04. The molecule has 4 rings (SSSR count). The van der Waals surface area contributed by atoms with Crippen LogP contribution in [0.2, 0.25) is 0 Å². The first-order valence-electron chi connectivity index (χ1n) is 9.02. The van der Waals surface area contributed by atoms with Crippen LogP contribution in [0.5, 0.6) is 0 Å². The number of hydrogen-bond acceptors (Lipinski definition) is 5. The first-order chi connectivity index (χ1) is 13.6. The Hall–Kier alpha value is -3.32. The summed E-state index contributed by atoms with van der Waals surface area (Å²) >= 11 is 0. The molecule has 0 aliphatic rings. The Labute approximate surface area is 162 Å². The number of hydrogen-bond donors (Lipinski definition) is 1. The second-order valence-electron chi connectivity index (χ2n) is 6.88. The van der Waals surface area contributed by atoms with Gasteiger partial charge in [-0.05, 0) is 25.7 Å². The van der Waals surface area contributed by atoms with Crippen LogP contribution < -0.4 is 5.32 Å². The Morgan fingerprint density at radius 3 is 2.64 bits per heavy atom. The van der Waals surface area contributed by atoms with Gasteiger partial charge in [0.05, 0.1) is 5.69 Å². The van der Waals surface area contributed by atoms with E-state index in [9.17, 15) is 4.39 Å². The van der Waals surface area contributed by atoms with Crippen molar-refractivity contribution in [3.8, 4) is 11.3 Å². The van der Waals surface area contributed by atoms with Crippen molar-refractivity contribution in [3.05, 3.63) is 77.9 Å². The van der Waals surface area contributed by atoms with Gasteiger partial charge < -0.3 is 10.2 Å². The van der Waals surface area contributed by atoms with Crippen LogP contribution >= 0.6 is 0 Å². The third kappa shape index (κ3) is 3.84. The van der Waals surface area contributed by atoms with Crippen molar-refractivity contribution in [2.75, 3.05) is 19.4 Å². The summed E-state index contributed by atoms with van der Waals surface area (Å²) in [7, 11) is 3.85. The van der Waals surface area contributed by atoms with Crippen molar-refractivity contribution in [2.24, 2.45) is 0 Å². The zero-order valence-corrected chi connectivity index (χ0v) is 15.8. The Balaban J connectivity index is 1.60. The van der Waals surface area contributed by atoms with Gasteiger partial charge in [-0.25, -0.2) is 9.37 Å². The van der Waals surface area contributed by atoms with Gasteiger partial charge in [0.2, 0.25) is 0 Å². The van der Waals surface area contributed by atoms with Crippen LogP contribution in [0.25, 0.3) is 17.0 Å². The average molecular weight is 376 g/mol. The predicted octanol–water partition coefficient (Wildman–Crippen LogP) is 3.60. The number of nitrogens with zero attached hydrogens (tertiary/aromatic N) is 5. The van der Waals surface area contributed by atoms with Crippen molar-refractivity contribution in [3.63, 3.8) is 0 Å². The lowest BCUT2D eigenvalue weighted by atomic mass is 10.1. The van der Waals surface area contributed by atoms with Crippen molar-refractivity contribution in [2.45, 2.75) is 13.1 Å².